The van der Waals surface area contributed by atoms with E-state index in [1.165, 1.54) is 0 Å². The maximum Gasteiger partial charge on any atom is 0.241 e. The number of fused-ring (bicyclic) bond motifs is 1. The highest BCUT2D eigenvalue weighted by Crippen LogP contribution is 2.33. The van der Waals surface area contributed by atoms with E-state index in [0.29, 0.717) is 42.8 Å². The molecule has 0 radical (unpaired) electrons. The van der Waals surface area contributed by atoms with Gasteiger partial charge >= 0.3 is 0 Å². The summed E-state index contributed by atoms with van der Waals surface area (Å²) in [4.78, 5) is 12.7. The second-order valence-corrected chi connectivity index (χ2v) is 8.77. The van der Waals surface area contributed by atoms with Crippen molar-refractivity contribution in [2.24, 2.45) is 0 Å². The maximum atomic E-state index is 12.7. The smallest absolute Gasteiger partial charge is 0.241 e. The number of para-hydroxylation sites is 2. The van der Waals surface area contributed by atoms with E-state index >= 15 is 0 Å². The molecule has 8 nitrogen and oxygen atoms in total. The molecule has 3 rings (SSSR count). The SMILES string of the molecule is CCOc1ccccc1N(CC(=O)NC(C)c1ccc2c(c1)OCCO2)S(C)(=O)=O. The van der Waals surface area contributed by atoms with E-state index in [-0.39, 0.29) is 12.6 Å². The first-order chi connectivity index (χ1) is 14.3. The summed E-state index contributed by atoms with van der Waals surface area (Å²) in [6, 6.07) is 11.8. The van der Waals surface area contributed by atoms with Gasteiger partial charge < -0.3 is 19.5 Å². The lowest BCUT2D eigenvalue weighted by Gasteiger charge is -2.25. The van der Waals surface area contributed by atoms with E-state index in [9.17, 15) is 13.2 Å². The first-order valence-corrected chi connectivity index (χ1v) is 11.5. The Morgan fingerprint density at radius 2 is 1.87 bits per heavy atom. The minimum Gasteiger partial charge on any atom is -0.492 e. The number of amides is 1. The molecule has 1 N–H and O–H groups in total. The molecule has 0 saturated heterocycles. The van der Waals surface area contributed by atoms with Crippen molar-refractivity contribution >= 4 is 21.6 Å². The number of carbonyl (C=O) groups is 1. The van der Waals surface area contributed by atoms with E-state index in [4.69, 9.17) is 14.2 Å². The van der Waals surface area contributed by atoms with Crippen molar-refractivity contribution in [1.82, 2.24) is 5.32 Å². The number of nitrogens with zero attached hydrogens (tertiary/aromatic N) is 1. The van der Waals surface area contributed by atoms with E-state index < -0.39 is 15.9 Å². The summed E-state index contributed by atoms with van der Waals surface area (Å²) in [5, 5.41) is 2.84. The number of rotatable bonds is 8. The number of nitrogens with one attached hydrogen (secondary N) is 1. The Kier molecular flexibility index (Phi) is 6.71. The van der Waals surface area contributed by atoms with Gasteiger partial charge in [0.05, 0.1) is 24.6 Å². The molecule has 1 aliphatic rings. The van der Waals surface area contributed by atoms with Crippen LogP contribution >= 0.6 is 0 Å². The lowest BCUT2D eigenvalue weighted by atomic mass is 10.1. The average molecular weight is 435 g/mol. The van der Waals surface area contributed by atoms with Gasteiger partial charge in [-0.25, -0.2) is 8.42 Å². The van der Waals surface area contributed by atoms with Crippen LogP contribution in [0.4, 0.5) is 5.69 Å². The fourth-order valence-electron chi connectivity index (χ4n) is 3.15. The topological polar surface area (TPSA) is 94.2 Å². The van der Waals surface area contributed by atoms with Crippen LogP contribution in [-0.2, 0) is 14.8 Å². The van der Waals surface area contributed by atoms with Crippen LogP contribution in [0.2, 0.25) is 0 Å². The van der Waals surface area contributed by atoms with Gasteiger partial charge in [-0.2, -0.15) is 0 Å². The summed E-state index contributed by atoms with van der Waals surface area (Å²) in [5.74, 6) is 1.26. The van der Waals surface area contributed by atoms with Gasteiger partial charge in [-0.1, -0.05) is 18.2 Å². The lowest BCUT2D eigenvalue weighted by Crippen LogP contribution is -2.41. The fourth-order valence-corrected chi connectivity index (χ4v) is 4.01. The van der Waals surface area contributed by atoms with Gasteiger partial charge in [-0.05, 0) is 43.7 Å². The molecule has 0 spiro atoms. The summed E-state index contributed by atoms with van der Waals surface area (Å²) < 4.78 is 42.5. The van der Waals surface area contributed by atoms with Crippen LogP contribution in [0, 0.1) is 0 Å². The van der Waals surface area contributed by atoms with Crippen LogP contribution < -0.4 is 23.8 Å². The maximum absolute atomic E-state index is 12.7. The van der Waals surface area contributed by atoms with Gasteiger partial charge in [0.25, 0.3) is 0 Å². The molecule has 2 aromatic carbocycles. The predicted molar refractivity (Wildman–Crippen MR) is 114 cm³/mol. The van der Waals surface area contributed by atoms with Crippen molar-refractivity contribution in [3.63, 3.8) is 0 Å². The van der Waals surface area contributed by atoms with E-state index in [0.717, 1.165) is 16.1 Å². The second kappa shape index (κ2) is 9.25. The van der Waals surface area contributed by atoms with Crippen molar-refractivity contribution < 1.29 is 27.4 Å². The lowest BCUT2D eigenvalue weighted by molar-refractivity contribution is -0.120. The Labute approximate surface area is 176 Å². The molecular formula is C21H26N2O6S. The van der Waals surface area contributed by atoms with Crippen LogP contribution in [0.5, 0.6) is 17.2 Å². The number of hydrogen-bond donors (Lipinski definition) is 1. The van der Waals surface area contributed by atoms with E-state index in [1.807, 2.05) is 26.0 Å². The molecule has 2 aromatic rings. The molecule has 0 bridgehead atoms. The first-order valence-electron chi connectivity index (χ1n) is 9.68. The van der Waals surface area contributed by atoms with Crippen LogP contribution in [0.15, 0.2) is 42.5 Å². The Hall–Kier alpha value is -2.94. The molecule has 9 heteroatoms. The molecule has 0 aromatic heterocycles. The highest BCUT2D eigenvalue weighted by molar-refractivity contribution is 7.92. The predicted octanol–water partition coefficient (Wildman–Crippen LogP) is 2.50. The Morgan fingerprint density at radius 3 is 2.57 bits per heavy atom. The molecule has 1 unspecified atom stereocenters. The van der Waals surface area contributed by atoms with Crippen LogP contribution in [0.25, 0.3) is 0 Å². The molecule has 0 aliphatic carbocycles. The van der Waals surface area contributed by atoms with Gasteiger partial charge in [0.2, 0.25) is 15.9 Å². The molecule has 1 amide bonds. The zero-order valence-corrected chi connectivity index (χ0v) is 18.1. The highest BCUT2D eigenvalue weighted by Gasteiger charge is 2.25. The van der Waals surface area contributed by atoms with Gasteiger partial charge in [-0.15, -0.1) is 0 Å². The number of anilines is 1. The Bertz CT molecular complexity index is 1010. The number of hydrogen-bond acceptors (Lipinski definition) is 6. The van der Waals surface area contributed by atoms with Crippen LogP contribution in [-0.4, -0.2) is 46.9 Å². The molecule has 30 heavy (non-hydrogen) atoms. The van der Waals surface area contributed by atoms with Gasteiger partial charge in [0, 0.05) is 0 Å². The van der Waals surface area contributed by atoms with Crippen molar-refractivity contribution in [2.45, 2.75) is 19.9 Å². The quantitative estimate of drug-likeness (QED) is 0.686. The number of benzene rings is 2. The van der Waals surface area contributed by atoms with Crippen LogP contribution in [0.1, 0.15) is 25.5 Å². The average Bonchev–Trinajstić information content (AvgIpc) is 2.71. The van der Waals surface area contributed by atoms with Gasteiger partial charge in [0.15, 0.2) is 11.5 Å². The van der Waals surface area contributed by atoms with Crippen molar-refractivity contribution in [1.29, 1.82) is 0 Å². The minimum absolute atomic E-state index is 0.323. The largest absolute Gasteiger partial charge is 0.492 e. The normalized spacial score (nSPS) is 14.0. The van der Waals surface area contributed by atoms with Crippen LogP contribution in [0.3, 0.4) is 0 Å². The van der Waals surface area contributed by atoms with Crippen molar-refractivity contribution in [2.75, 3.05) is 36.9 Å². The summed E-state index contributed by atoms with van der Waals surface area (Å²) in [7, 11) is -3.71. The summed E-state index contributed by atoms with van der Waals surface area (Å²) in [6.45, 7) is 4.62. The Morgan fingerprint density at radius 1 is 1.17 bits per heavy atom. The monoisotopic (exact) mass is 434 g/mol. The zero-order chi connectivity index (χ0) is 21.7. The molecule has 1 heterocycles. The molecule has 162 valence electrons. The highest BCUT2D eigenvalue weighted by atomic mass is 32.2. The molecule has 0 fully saturated rings. The molecular weight excluding hydrogens is 408 g/mol. The third kappa shape index (κ3) is 5.15. The Balaban J connectivity index is 1.75. The number of sulfonamides is 1. The van der Waals surface area contributed by atoms with E-state index in [1.54, 1.807) is 30.3 Å². The zero-order valence-electron chi connectivity index (χ0n) is 17.3. The first kappa shape index (κ1) is 21.8. The summed E-state index contributed by atoms with van der Waals surface area (Å²) in [6.07, 6.45) is 1.06. The van der Waals surface area contributed by atoms with Crippen molar-refractivity contribution in [3.8, 4) is 17.2 Å². The molecule has 1 aliphatic heterocycles. The van der Waals surface area contributed by atoms with Gasteiger partial charge in [-0.3, -0.25) is 9.10 Å². The summed E-state index contributed by atoms with van der Waals surface area (Å²) >= 11 is 0. The van der Waals surface area contributed by atoms with Gasteiger partial charge in [0.1, 0.15) is 25.5 Å². The molecule has 1 atom stereocenters. The second-order valence-electron chi connectivity index (χ2n) is 6.86. The minimum atomic E-state index is -3.71. The fraction of sp³-hybridized carbons (Fsp3) is 0.381. The number of ether oxygens (including phenoxy) is 3. The van der Waals surface area contributed by atoms with Crippen molar-refractivity contribution in [3.05, 3.63) is 48.0 Å². The molecule has 0 saturated carbocycles. The standard InChI is InChI=1S/C21H26N2O6S/c1-4-27-18-8-6-5-7-17(18)23(30(3,25)26)14-21(24)22-15(2)16-9-10-19-20(13-16)29-12-11-28-19/h5-10,13,15H,4,11-12,14H2,1-3H3,(H,22,24). The third-order valence-corrected chi connectivity index (χ3v) is 5.69. The summed E-state index contributed by atoms with van der Waals surface area (Å²) in [5.41, 5.74) is 1.15. The number of carbonyl (C=O) groups excluding carboxylic acids is 1. The van der Waals surface area contributed by atoms with E-state index in [2.05, 4.69) is 5.32 Å². The third-order valence-electron chi connectivity index (χ3n) is 4.57.